The summed E-state index contributed by atoms with van der Waals surface area (Å²) in [5.74, 6) is -0.410. The number of piperazine rings is 1. The highest BCUT2D eigenvalue weighted by Gasteiger charge is 2.51. The molecular formula is C43H47F3N6O5S. The number of nitriles is 1. The van der Waals surface area contributed by atoms with Gasteiger partial charge in [0, 0.05) is 57.2 Å². The van der Waals surface area contributed by atoms with Crippen LogP contribution in [-0.4, -0.2) is 89.3 Å². The second-order valence-electron chi connectivity index (χ2n) is 15.5. The first-order valence-electron chi connectivity index (χ1n) is 19.5. The minimum absolute atomic E-state index is 0.0231. The van der Waals surface area contributed by atoms with Crippen LogP contribution >= 0.6 is 12.2 Å². The van der Waals surface area contributed by atoms with Crippen LogP contribution in [0.3, 0.4) is 0 Å². The van der Waals surface area contributed by atoms with Crippen molar-refractivity contribution >= 4 is 52.2 Å². The van der Waals surface area contributed by atoms with Gasteiger partial charge in [-0.05, 0) is 105 Å². The van der Waals surface area contributed by atoms with Crippen LogP contribution in [0.5, 0.6) is 5.75 Å². The summed E-state index contributed by atoms with van der Waals surface area (Å²) in [6.07, 6.45) is -2.48. The van der Waals surface area contributed by atoms with Crippen LogP contribution < -0.4 is 19.9 Å². The molecule has 6 rings (SSSR count). The number of rotatable bonds is 13. The number of imide groups is 1. The van der Waals surface area contributed by atoms with Gasteiger partial charge in [0.25, 0.3) is 5.91 Å². The molecule has 3 saturated heterocycles. The molecule has 58 heavy (non-hydrogen) atoms. The first kappa shape index (κ1) is 42.4. The van der Waals surface area contributed by atoms with Crippen molar-refractivity contribution in [3.63, 3.8) is 0 Å². The summed E-state index contributed by atoms with van der Waals surface area (Å²) in [6, 6.07) is 17.7. The Morgan fingerprint density at radius 2 is 1.72 bits per heavy atom. The van der Waals surface area contributed by atoms with Crippen molar-refractivity contribution in [3.8, 4) is 11.8 Å². The van der Waals surface area contributed by atoms with Crippen LogP contribution in [0.25, 0.3) is 0 Å². The summed E-state index contributed by atoms with van der Waals surface area (Å²) in [5.41, 5.74) is 0.385. The lowest BCUT2D eigenvalue weighted by atomic mass is 9.90. The molecule has 0 aliphatic carbocycles. The first-order valence-corrected chi connectivity index (χ1v) is 19.9. The zero-order valence-corrected chi connectivity index (χ0v) is 33.8. The molecule has 2 atom stereocenters. The summed E-state index contributed by atoms with van der Waals surface area (Å²) in [4.78, 5) is 58.0. The lowest BCUT2D eigenvalue weighted by Crippen LogP contribution is -2.52. The van der Waals surface area contributed by atoms with Crippen LogP contribution in [0, 0.1) is 17.2 Å². The number of ether oxygens (including phenoxy) is 1. The summed E-state index contributed by atoms with van der Waals surface area (Å²) in [6.45, 7) is 11.4. The van der Waals surface area contributed by atoms with E-state index in [0.717, 1.165) is 59.9 Å². The third kappa shape index (κ3) is 9.09. The fourth-order valence-electron chi connectivity index (χ4n) is 7.88. The number of amides is 3. The number of piperidine rings is 1. The predicted molar refractivity (Wildman–Crippen MR) is 216 cm³/mol. The van der Waals surface area contributed by atoms with Gasteiger partial charge in [0.05, 0.1) is 28.9 Å². The molecule has 0 bridgehead atoms. The largest absolute Gasteiger partial charge is 0.492 e. The van der Waals surface area contributed by atoms with E-state index in [4.69, 9.17) is 17.0 Å². The average molecular weight is 817 g/mol. The van der Waals surface area contributed by atoms with Crippen molar-refractivity contribution in [1.29, 1.82) is 5.26 Å². The van der Waals surface area contributed by atoms with Crippen molar-refractivity contribution in [2.45, 2.75) is 77.6 Å². The fraction of sp³-hybridized carbons (Fsp3) is 0.442. The zero-order valence-electron chi connectivity index (χ0n) is 33.0. The number of aryl methyl sites for hydroxylation is 1. The Bertz CT molecular complexity index is 2140. The number of nitrogens with zero attached hydrogens (tertiary/aromatic N) is 5. The molecule has 1 unspecified atom stereocenters. The number of hydrogen-bond donors (Lipinski definition) is 1. The first-order chi connectivity index (χ1) is 27.5. The highest BCUT2D eigenvalue weighted by atomic mass is 32.1. The van der Waals surface area contributed by atoms with Gasteiger partial charge in [-0.25, -0.2) is 0 Å². The molecule has 3 aliphatic heterocycles. The quantitative estimate of drug-likeness (QED) is 0.166. The summed E-state index contributed by atoms with van der Waals surface area (Å²) in [5, 5.41) is 11.7. The van der Waals surface area contributed by atoms with Crippen molar-refractivity contribution in [2.24, 2.45) is 5.92 Å². The third-order valence-electron chi connectivity index (χ3n) is 11.3. The molecular weight excluding hydrogens is 770 g/mol. The Kier molecular flexibility index (Phi) is 12.7. The number of halogens is 3. The molecule has 306 valence electrons. The summed E-state index contributed by atoms with van der Waals surface area (Å²) < 4.78 is 47.6. The number of nitrogens with one attached hydrogen (secondary N) is 1. The number of carbonyl (C=O) groups excluding carboxylic acids is 4. The van der Waals surface area contributed by atoms with Crippen molar-refractivity contribution in [1.82, 2.24) is 15.1 Å². The molecule has 3 aromatic rings. The van der Waals surface area contributed by atoms with Crippen LogP contribution in [0.15, 0.2) is 60.7 Å². The Balaban J connectivity index is 1.01. The van der Waals surface area contributed by atoms with E-state index in [-0.39, 0.29) is 40.4 Å². The maximum Gasteiger partial charge on any atom is 0.417 e. The zero-order chi connectivity index (χ0) is 41.9. The van der Waals surface area contributed by atoms with Gasteiger partial charge >= 0.3 is 6.18 Å². The molecule has 0 radical (unpaired) electrons. The van der Waals surface area contributed by atoms with E-state index in [2.05, 4.69) is 15.1 Å². The molecule has 3 aromatic carbocycles. The Hall–Kier alpha value is -5.17. The van der Waals surface area contributed by atoms with Gasteiger partial charge < -0.3 is 9.64 Å². The van der Waals surface area contributed by atoms with Crippen molar-refractivity contribution in [3.05, 3.63) is 88.5 Å². The molecule has 0 aromatic heterocycles. The molecule has 11 nitrogen and oxygen atoms in total. The number of alkyl halides is 3. The number of carbonyl (C=O) groups is 4. The van der Waals surface area contributed by atoms with Gasteiger partial charge in [-0.1, -0.05) is 31.2 Å². The Morgan fingerprint density at radius 3 is 2.40 bits per heavy atom. The van der Waals surface area contributed by atoms with Crippen LogP contribution in [0.1, 0.15) is 68.4 Å². The lowest BCUT2D eigenvalue weighted by Gasteiger charge is -2.37. The summed E-state index contributed by atoms with van der Waals surface area (Å²) in [7, 11) is 0. The molecule has 0 saturated carbocycles. The highest BCUT2D eigenvalue weighted by molar-refractivity contribution is 7.81. The van der Waals surface area contributed by atoms with E-state index in [9.17, 15) is 37.6 Å². The average Bonchev–Trinajstić information content (AvgIpc) is 3.37. The van der Waals surface area contributed by atoms with E-state index in [1.165, 1.54) is 6.07 Å². The number of hydrogen-bond acceptors (Lipinski definition) is 9. The van der Waals surface area contributed by atoms with Crippen LogP contribution in [0.2, 0.25) is 0 Å². The topological polar surface area (TPSA) is 126 Å². The van der Waals surface area contributed by atoms with Gasteiger partial charge in [0.1, 0.15) is 17.9 Å². The predicted octanol–water partition coefficient (Wildman–Crippen LogP) is 5.85. The van der Waals surface area contributed by atoms with E-state index < -0.39 is 28.7 Å². The number of Topliss-reactive ketones (excluding diaryl/α,β-unsaturated/α-hetero) is 1. The maximum atomic E-state index is 13.8. The van der Waals surface area contributed by atoms with E-state index in [0.29, 0.717) is 56.7 Å². The molecule has 3 fully saturated rings. The van der Waals surface area contributed by atoms with E-state index in [1.54, 1.807) is 30.9 Å². The molecule has 15 heteroatoms. The maximum absolute atomic E-state index is 13.8. The molecule has 3 amide bonds. The van der Waals surface area contributed by atoms with Crippen molar-refractivity contribution in [2.75, 3.05) is 49.1 Å². The molecule has 0 spiro atoms. The Morgan fingerprint density at radius 1 is 1.02 bits per heavy atom. The lowest BCUT2D eigenvalue weighted by molar-refractivity contribution is -0.138. The normalized spacial score (nSPS) is 19.6. The molecule has 1 N–H and O–H groups in total. The number of benzene rings is 3. The second kappa shape index (κ2) is 17.4. The SMILES string of the molecule is CCc1cc(N2C(=S)N(c3ccc(C#N)c(C(F)(F)F)c3)C(=O)C2(C)C)ccc1OCCN1CCN([C@@H](C)C(=O)Cc2cccc(CC3CCC(=O)NC3=O)c2)CC1. The third-order valence-corrected chi connectivity index (χ3v) is 11.7. The highest BCUT2D eigenvalue weighted by Crippen LogP contribution is 2.40. The van der Waals surface area contributed by atoms with Gasteiger partial charge in [0.2, 0.25) is 11.8 Å². The smallest absolute Gasteiger partial charge is 0.417 e. The minimum Gasteiger partial charge on any atom is -0.492 e. The fourth-order valence-corrected chi connectivity index (χ4v) is 8.40. The second-order valence-corrected chi connectivity index (χ2v) is 15.9. The van der Waals surface area contributed by atoms with E-state index in [1.807, 2.05) is 50.2 Å². The number of thiocarbonyl (C=S) groups is 1. The van der Waals surface area contributed by atoms with Crippen molar-refractivity contribution < 1.29 is 37.1 Å². The molecule has 3 aliphatic rings. The van der Waals surface area contributed by atoms with E-state index >= 15 is 0 Å². The molecule has 3 heterocycles. The standard InChI is InChI=1S/C43H47F3N6O5S/c1-5-30-24-34(52-41(58)51(40(56)42(52,3)4)33-11-9-32(26-47)35(25-33)43(44,45)46)12-13-37(30)57-20-19-49-15-17-50(18-16-49)27(2)36(53)23-29-8-6-7-28(21-29)22-31-10-14-38(54)48-39(31)55/h6-9,11-13,21,24-25,27,31H,5,10,14-20,22-23H2,1-4H3,(H,48,54,55)/t27-,31?/m0/s1. The van der Waals surface area contributed by atoms with Gasteiger partial charge in [-0.3, -0.25) is 39.2 Å². The van der Waals surface area contributed by atoms with Gasteiger partial charge in [-0.15, -0.1) is 0 Å². The van der Waals surface area contributed by atoms with Gasteiger partial charge in [0.15, 0.2) is 10.9 Å². The summed E-state index contributed by atoms with van der Waals surface area (Å²) >= 11 is 5.71. The van der Waals surface area contributed by atoms with Gasteiger partial charge in [-0.2, -0.15) is 18.4 Å². The monoisotopic (exact) mass is 816 g/mol. The van der Waals surface area contributed by atoms with Crippen LogP contribution in [0.4, 0.5) is 24.5 Å². The van der Waals surface area contributed by atoms with Crippen LogP contribution in [-0.2, 0) is 44.6 Å². The number of ketones is 1. The minimum atomic E-state index is -4.79. The number of anilines is 2. The Labute approximate surface area is 341 Å².